The topological polar surface area (TPSA) is 73.2 Å². The predicted octanol–water partition coefficient (Wildman–Crippen LogP) is 2.29. The lowest BCUT2D eigenvalue weighted by Gasteiger charge is -2.38. The summed E-state index contributed by atoms with van der Waals surface area (Å²) in [6.07, 6.45) is 0.242. The van der Waals surface area contributed by atoms with Crippen LogP contribution in [0.15, 0.2) is 12.7 Å². The first-order chi connectivity index (χ1) is 11.7. The molecule has 0 bridgehead atoms. The minimum absolute atomic E-state index is 0.0919. The third kappa shape index (κ3) is 3.00. The highest BCUT2D eigenvalue weighted by Crippen LogP contribution is 2.50. The van der Waals surface area contributed by atoms with Crippen molar-refractivity contribution in [2.45, 2.75) is 62.8 Å². The standard InChI is InChI=1S/C17H20F3N3O2/c1-2-16(5-3-4-6-16)13(22-15(25)17(18,19)20)14(24)23-11(9-21)7-10-8-12(10)23/h2,10-13H,1,3-8H2,(H,22,25). The molecule has 0 aromatic rings. The van der Waals surface area contributed by atoms with Crippen LogP contribution in [0.4, 0.5) is 13.2 Å². The van der Waals surface area contributed by atoms with Crippen LogP contribution in [0.2, 0.25) is 0 Å². The van der Waals surface area contributed by atoms with Crippen molar-refractivity contribution in [1.29, 1.82) is 5.26 Å². The zero-order chi connectivity index (χ0) is 18.4. The van der Waals surface area contributed by atoms with Crippen LogP contribution in [0.1, 0.15) is 38.5 Å². The number of piperidine rings is 1. The van der Waals surface area contributed by atoms with Crippen LogP contribution in [0.25, 0.3) is 0 Å². The van der Waals surface area contributed by atoms with Crippen molar-refractivity contribution < 1.29 is 22.8 Å². The van der Waals surface area contributed by atoms with E-state index < -0.39 is 35.5 Å². The molecule has 0 radical (unpaired) electrons. The number of fused-ring (bicyclic) bond motifs is 1. The number of amides is 2. The maximum atomic E-state index is 13.1. The SMILES string of the molecule is C=CC1(C(NC(=O)C(F)(F)F)C(=O)N2C(C#N)CC3CC32)CCCC1. The van der Waals surface area contributed by atoms with Gasteiger partial charge in [0.2, 0.25) is 5.91 Å². The summed E-state index contributed by atoms with van der Waals surface area (Å²) < 4.78 is 38.3. The number of carbonyl (C=O) groups excluding carboxylic acids is 2. The highest BCUT2D eigenvalue weighted by molar-refractivity contribution is 5.91. The van der Waals surface area contributed by atoms with Gasteiger partial charge in [0.25, 0.3) is 0 Å². The fraction of sp³-hybridized carbons (Fsp3) is 0.706. The van der Waals surface area contributed by atoms with Crippen LogP contribution in [-0.2, 0) is 9.59 Å². The number of rotatable bonds is 4. The Morgan fingerprint density at radius 1 is 1.32 bits per heavy atom. The van der Waals surface area contributed by atoms with Crippen LogP contribution in [0, 0.1) is 22.7 Å². The molecule has 1 N–H and O–H groups in total. The Bertz CT molecular complexity index is 634. The normalized spacial score (nSPS) is 31.0. The van der Waals surface area contributed by atoms with Gasteiger partial charge in [0.15, 0.2) is 0 Å². The maximum Gasteiger partial charge on any atom is 0.471 e. The number of nitrogens with one attached hydrogen (secondary N) is 1. The summed E-state index contributed by atoms with van der Waals surface area (Å²) in [6.45, 7) is 3.71. The second kappa shape index (κ2) is 6.04. The van der Waals surface area contributed by atoms with Gasteiger partial charge in [-0.15, -0.1) is 6.58 Å². The van der Waals surface area contributed by atoms with E-state index in [-0.39, 0.29) is 12.0 Å². The van der Waals surface area contributed by atoms with Gasteiger partial charge in [-0.25, -0.2) is 0 Å². The number of nitrogens with zero attached hydrogens (tertiary/aromatic N) is 2. The fourth-order valence-electron chi connectivity index (χ4n) is 4.35. The highest BCUT2D eigenvalue weighted by atomic mass is 19.4. The van der Waals surface area contributed by atoms with Gasteiger partial charge in [-0.05, 0) is 31.6 Å². The van der Waals surface area contributed by atoms with Gasteiger partial charge >= 0.3 is 12.1 Å². The fourth-order valence-corrected chi connectivity index (χ4v) is 4.35. The summed E-state index contributed by atoms with van der Waals surface area (Å²) in [6, 6.07) is -0.00303. The minimum atomic E-state index is -5.07. The Hall–Kier alpha value is -2.04. The van der Waals surface area contributed by atoms with Gasteiger partial charge in [-0.2, -0.15) is 18.4 Å². The summed E-state index contributed by atoms with van der Waals surface area (Å²) in [7, 11) is 0. The van der Waals surface area contributed by atoms with Crippen LogP contribution in [0.5, 0.6) is 0 Å². The number of halogens is 3. The largest absolute Gasteiger partial charge is 0.471 e. The van der Waals surface area contributed by atoms with E-state index in [0.29, 0.717) is 19.3 Å². The van der Waals surface area contributed by atoms with E-state index >= 15 is 0 Å². The Balaban J connectivity index is 1.90. The Labute approximate surface area is 143 Å². The molecule has 2 amide bonds. The molecule has 3 fully saturated rings. The van der Waals surface area contributed by atoms with Gasteiger partial charge in [-0.1, -0.05) is 18.9 Å². The molecule has 0 aromatic heterocycles. The Morgan fingerprint density at radius 2 is 1.96 bits per heavy atom. The average molecular weight is 355 g/mol. The van der Waals surface area contributed by atoms with E-state index in [1.807, 2.05) is 5.32 Å². The molecule has 3 aliphatic rings. The van der Waals surface area contributed by atoms with Crippen molar-refractivity contribution in [3.8, 4) is 6.07 Å². The van der Waals surface area contributed by atoms with Crippen molar-refractivity contribution in [3.63, 3.8) is 0 Å². The van der Waals surface area contributed by atoms with Crippen LogP contribution in [-0.4, -0.2) is 41.0 Å². The van der Waals surface area contributed by atoms with Gasteiger partial charge in [0, 0.05) is 11.5 Å². The predicted molar refractivity (Wildman–Crippen MR) is 81.8 cm³/mol. The first-order valence-corrected chi connectivity index (χ1v) is 8.46. The lowest BCUT2D eigenvalue weighted by molar-refractivity contribution is -0.176. The molecule has 0 spiro atoms. The monoisotopic (exact) mass is 355 g/mol. The molecule has 136 valence electrons. The number of hydrogen-bond acceptors (Lipinski definition) is 3. The van der Waals surface area contributed by atoms with Crippen molar-refractivity contribution in [3.05, 3.63) is 12.7 Å². The number of likely N-dealkylation sites (tertiary alicyclic amines) is 1. The van der Waals surface area contributed by atoms with E-state index in [1.165, 1.54) is 11.0 Å². The average Bonchev–Trinajstić information content (AvgIpc) is 3.00. The minimum Gasteiger partial charge on any atom is -0.336 e. The van der Waals surface area contributed by atoms with Crippen LogP contribution < -0.4 is 5.32 Å². The molecule has 8 heteroatoms. The third-order valence-electron chi connectivity index (χ3n) is 5.80. The lowest BCUT2D eigenvalue weighted by Crippen LogP contribution is -2.59. The van der Waals surface area contributed by atoms with Gasteiger partial charge in [-0.3, -0.25) is 9.59 Å². The van der Waals surface area contributed by atoms with E-state index in [9.17, 15) is 28.0 Å². The molecule has 5 nitrogen and oxygen atoms in total. The maximum absolute atomic E-state index is 13.1. The number of carbonyl (C=O) groups is 2. The summed E-state index contributed by atoms with van der Waals surface area (Å²) >= 11 is 0. The summed E-state index contributed by atoms with van der Waals surface area (Å²) in [5.41, 5.74) is -0.898. The molecular formula is C17H20F3N3O2. The molecular weight excluding hydrogens is 335 g/mol. The molecule has 1 saturated heterocycles. The van der Waals surface area contributed by atoms with Crippen molar-refractivity contribution in [2.75, 3.05) is 0 Å². The van der Waals surface area contributed by atoms with E-state index in [4.69, 9.17) is 0 Å². The number of nitriles is 1. The highest BCUT2D eigenvalue weighted by Gasteiger charge is 2.58. The van der Waals surface area contributed by atoms with E-state index in [0.717, 1.165) is 19.3 Å². The van der Waals surface area contributed by atoms with E-state index in [1.54, 1.807) is 0 Å². The van der Waals surface area contributed by atoms with E-state index in [2.05, 4.69) is 12.6 Å². The van der Waals surface area contributed by atoms with Gasteiger partial charge in [0.1, 0.15) is 12.1 Å². The number of hydrogen-bond donors (Lipinski definition) is 1. The van der Waals surface area contributed by atoms with Gasteiger partial charge in [0.05, 0.1) is 6.07 Å². The van der Waals surface area contributed by atoms with Crippen molar-refractivity contribution in [2.24, 2.45) is 11.3 Å². The molecule has 4 atom stereocenters. The molecule has 4 unspecified atom stereocenters. The summed E-state index contributed by atoms with van der Waals surface area (Å²) in [5.74, 6) is -2.47. The molecule has 1 heterocycles. The first-order valence-electron chi connectivity index (χ1n) is 8.46. The van der Waals surface area contributed by atoms with Crippen LogP contribution >= 0.6 is 0 Å². The number of alkyl halides is 3. The second-order valence-corrected chi connectivity index (χ2v) is 7.24. The smallest absolute Gasteiger partial charge is 0.336 e. The summed E-state index contributed by atoms with van der Waals surface area (Å²) in [5, 5.41) is 11.2. The first kappa shape index (κ1) is 17.8. The van der Waals surface area contributed by atoms with Crippen LogP contribution in [0.3, 0.4) is 0 Å². The van der Waals surface area contributed by atoms with Crippen molar-refractivity contribution >= 4 is 11.8 Å². The lowest BCUT2D eigenvalue weighted by atomic mass is 9.77. The third-order valence-corrected chi connectivity index (χ3v) is 5.80. The molecule has 1 aliphatic heterocycles. The molecule has 25 heavy (non-hydrogen) atoms. The second-order valence-electron chi connectivity index (χ2n) is 7.24. The Morgan fingerprint density at radius 3 is 2.48 bits per heavy atom. The summed E-state index contributed by atoms with van der Waals surface area (Å²) in [4.78, 5) is 26.1. The van der Waals surface area contributed by atoms with Crippen molar-refractivity contribution in [1.82, 2.24) is 10.2 Å². The Kier molecular flexibility index (Phi) is 4.30. The van der Waals surface area contributed by atoms with Gasteiger partial charge < -0.3 is 10.2 Å². The molecule has 0 aromatic carbocycles. The zero-order valence-electron chi connectivity index (χ0n) is 13.7. The molecule has 2 aliphatic carbocycles. The zero-order valence-corrected chi connectivity index (χ0v) is 13.7. The molecule has 3 rings (SSSR count). The molecule has 2 saturated carbocycles. The quantitative estimate of drug-likeness (QED) is 0.787.